The highest BCUT2D eigenvalue weighted by atomic mass is 16.8. The lowest BCUT2D eigenvalue weighted by molar-refractivity contribution is -0.358. The molecule has 0 amide bonds. The third-order valence-corrected chi connectivity index (χ3v) is 7.35. The predicted molar refractivity (Wildman–Crippen MR) is 142 cm³/mol. The van der Waals surface area contributed by atoms with Gasteiger partial charge in [0.2, 0.25) is 17.5 Å². The van der Waals surface area contributed by atoms with Crippen molar-refractivity contribution in [3.05, 3.63) is 40.6 Å². The van der Waals surface area contributed by atoms with Crippen LogP contribution in [-0.4, -0.2) is 131 Å². The van der Waals surface area contributed by atoms with Gasteiger partial charge in [-0.1, -0.05) is 0 Å². The minimum absolute atomic E-state index is 0.0707. The van der Waals surface area contributed by atoms with Gasteiger partial charge in [0.1, 0.15) is 65.2 Å². The Morgan fingerprint density at radius 3 is 1.98 bits per heavy atom. The summed E-state index contributed by atoms with van der Waals surface area (Å²) in [5.74, 6) is -3.54. The molecule has 44 heavy (non-hydrogen) atoms. The first-order chi connectivity index (χ1) is 20.9. The topological polar surface area (TPSA) is 290 Å². The Bertz CT molecular complexity index is 1560. The van der Waals surface area contributed by atoms with Crippen LogP contribution in [0.15, 0.2) is 39.5 Å². The first-order valence-corrected chi connectivity index (χ1v) is 13.2. The van der Waals surface area contributed by atoms with Gasteiger partial charge >= 0.3 is 0 Å². The molecule has 0 spiro atoms. The van der Waals surface area contributed by atoms with Gasteiger partial charge in [-0.2, -0.15) is 0 Å². The predicted octanol–water partition coefficient (Wildman–Crippen LogP) is -2.71. The molecule has 0 aliphatic carbocycles. The molecule has 1 aromatic heterocycles. The minimum atomic E-state index is -1.97. The van der Waals surface area contributed by atoms with Gasteiger partial charge in [-0.3, -0.25) is 4.79 Å². The molecule has 10 atom stereocenters. The molecular weight excluding hydrogens is 596 g/mol. The summed E-state index contributed by atoms with van der Waals surface area (Å²) >= 11 is 0. The molecule has 3 aromatic rings. The van der Waals surface area contributed by atoms with Crippen molar-refractivity contribution in [3.63, 3.8) is 0 Å². The average molecular weight is 627 g/mol. The Morgan fingerprint density at radius 2 is 1.34 bits per heavy atom. The Labute approximate surface area is 246 Å². The van der Waals surface area contributed by atoms with Crippen molar-refractivity contribution in [2.24, 2.45) is 0 Å². The molecular formula is C27H30O17. The molecule has 5 unspecified atom stereocenters. The summed E-state index contributed by atoms with van der Waals surface area (Å²) < 4.78 is 28.1. The summed E-state index contributed by atoms with van der Waals surface area (Å²) in [7, 11) is 0. The van der Waals surface area contributed by atoms with Crippen molar-refractivity contribution >= 4 is 11.0 Å². The summed E-state index contributed by atoms with van der Waals surface area (Å²) in [5, 5.41) is 111. The third-order valence-electron chi connectivity index (χ3n) is 7.35. The number of aliphatic hydroxyl groups excluding tert-OH is 7. The van der Waals surface area contributed by atoms with Crippen LogP contribution in [0, 0.1) is 0 Å². The van der Waals surface area contributed by atoms with Crippen LogP contribution >= 0.6 is 0 Å². The van der Waals surface area contributed by atoms with E-state index in [1.165, 1.54) is 6.07 Å². The van der Waals surface area contributed by atoms with Gasteiger partial charge in [0, 0.05) is 17.7 Å². The number of rotatable bonds is 7. The highest BCUT2D eigenvalue weighted by Crippen LogP contribution is 2.40. The second-order valence-electron chi connectivity index (χ2n) is 10.3. The van der Waals surface area contributed by atoms with E-state index in [0.29, 0.717) is 0 Å². The number of phenolic OH excluding ortho intramolecular Hbond substituents is 4. The van der Waals surface area contributed by atoms with Crippen LogP contribution < -0.4 is 10.2 Å². The van der Waals surface area contributed by atoms with E-state index in [2.05, 4.69) is 0 Å². The van der Waals surface area contributed by atoms with Gasteiger partial charge in [0.15, 0.2) is 29.7 Å². The van der Waals surface area contributed by atoms with Gasteiger partial charge in [-0.05, 0) is 18.2 Å². The molecule has 0 saturated carbocycles. The van der Waals surface area contributed by atoms with Crippen LogP contribution in [-0.2, 0) is 14.2 Å². The van der Waals surface area contributed by atoms with Crippen molar-refractivity contribution in [3.8, 4) is 40.1 Å². The SMILES string of the molecule is O=c1c(O[C@@H]2OC(CO)[C@@H](O)C(O)C2O[C@@H]2OC(CO)[C@@H](O)C(O)[C@H]2O)c(-c2ccc(O)c(O)c2)oc2cc(O)cc(O)c12. The molecule has 2 saturated heterocycles. The molecule has 2 aromatic carbocycles. The number of aromatic hydroxyl groups is 4. The van der Waals surface area contributed by atoms with Crippen molar-refractivity contribution in [1.29, 1.82) is 0 Å². The van der Waals surface area contributed by atoms with Crippen molar-refractivity contribution in [2.45, 2.75) is 61.4 Å². The van der Waals surface area contributed by atoms with E-state index in [9.17, 15) is 61.0 Å². The molecule has 5 rings (SSSR count). The van der Waals surface area contributed by atoms with Crippen LogP contribution in [0.1, 0.15) is 0 Å². The number of hydrogen-bond donors (Lipinski definition) is 11. The Kier molecular flexibility index (Phi) is 8.87. The Hall–Kier alpha value is -3.75. The van der Waals surface area contributed by atoms with Crippen LogP contribution in [0.2, 0.25) is 0 Å². The van der Waals surface area contributed by atoms with Gasteiger partial charge < -0.3 is 79.5 Å². The highest BCUT2D eigenvalue weighted by molar-refractivity contribution is 5.88. The fourth-order valence-electron chi connectivity index (χ4n) is 4.98. The van der Waals surface area contributed by atoms with Gasteiger partial charge in [-0.25, -0.2) is 0 Å². The molecule has 2 aliphatic rings. The number of hydrogen-bond acceptors (Lipinski definition) is 17. The van der Waals surface area contributed by atoms with E-state index in [0.717, 1.165) is 24.3 Å². The zero-order valence-electron chi connectivity index (χ0n) is 22.4. The molecule has 240 valence electrons. The molecule has 0 bridgehead atoms. The standard InChI is InChI=1S/C27H30O17/c28-6-14-17(34)20(37)22(39)26(41-14)44-25-21(38)18(35)15(7-29)42-27(25)43-24-19(36)16-12(33)4-9(30)5-13(16)40-23(24)8-1-2-10(31)11(32)3-8/h1-5,14-15,17-18,20-22,25-35,37-39H,6-7H2/t14?,15?,17-,18-,20?,21?,22-,25?,26+,27+/m1/s1. The maximum Gasteiger partial charge on any atom is 0.239 e. The molecule has 11 N–H and O–H groups in total. The molecule has 2 aliphatic heterocycles. The van der Waals surface area contributed by atoms with Gasteiger partial charge in [-0.15, -0.1) is 0 Å². The zero-order valence-corrected chi connectivity index (χ0v) is 22.4. The first-order valence-electron chi connectivity index (χ1n) is 13.2. The van der Waals surface area contributed by atoms with E-state index >= 15 is 0 Å². The fourth-order valence-corrected chi connectivity index (χ4v) is 4.98. The second-order valence-corrected chi connectivity index (χ2v) is 10.3. The van der Waals surface area contributed by atoms with Gasteiger partial charge in [0.05, 0.1) is 13.2 Å². The summed E-state index contributed by atoms with van der Waals surface area (Å²) in [4.78, 5) is 13.7. The van der Waals surface area contributed by atoms with Gasteiger partial charge in [0.25, 0.3) is 0 Å². The molecule has 3 heterocycles. The lowest BCUT2D eigenvalue weighted by Crippen LogP contribution is -2.65. The zero-order chi connectivity index (χ0) is 32.0. The van der Waals surface area contributed by atoms with E-state index < -0.39 is 120 Å². The average Bonchev–Trinajstić information content (AvgIpc) is 2.98. The number of fused-ring (bicyclic) bond motifs is 1. The third kappa shape index (κ3) is 5.61. The smallest absolute Gasteiger partial charge is 0.239 e. The molecule has 17 heteroatoms. The van der Waals surface area contributed by atoms with Crippen molar-refractivity contribution in [2.75, 3.05) is 13.2 Å². The Balaban J connectivity index is 1.61. The molecule has 17 nitrogen and oxygen atoms in total. The summed E-state index contributed by atoms with van der Waals surface area (Å²) in [6.07, 6.45) is -18.0. The monoisotopic (exact) mass is 626 g/mol. The lowest BCUT2D eigenvalue weighted by Gasteiger charge is -2.45. The van der Waals surface area contributed by atoms with Crippen LogP contribution in [0.5, 0.6) is 28.7 Å². The maximum absolute atomic E-state index is 13.7. The van der Waals surface area contributed by atoms with Crippen LogP contribution in [0.3, 0.4) is 0 Å². The van der Waals surface area contributed by atoms with E-state index in [4.69, 9.17) is 23.4 Å². The first kappa shape index (κ1) is 31.7. The Morgan fingerprint density at radius 1 is 0.705 bits per heavy atom. The number of phenols is 4. The van der Waals surface area contributed by atoms with E-state index in [-0.39, 0.29) is 11.1 Å². The van der Waals surface area contributed by atoms with E-state index in [1.807, 2.05) is 0 Å². The number of ether oxygens (including phenoxy) is 4. The summed E-state index contributed by atoms with van der Waals surface area (Å²) in [6.45, 7) is -1.68. The maximum atomic E-state index is 13.7. The molecule has 2 fully saturated rings. The normalized spacial score (nSPS) is 32.5. The number of benzene rings is 2. The lowest BCUT2D eigenvalue weighted by atomic mass is 9.97. The highest BCUT2D eigenvalue weighted by Gasteiger charge is 2.51. The van der Waals surface area contributed by atoms with Crippen LogP contribution in [0.25, 0.3) is 22.3 Å². The minimum Gasteiger partial charge on any atom is -0.508 e. The second kappa shape index (κ2) is 12.3. The largest absolute Gasteiger partial charge is 0.508 e. The quantitative estimate of drug-likeness (QED) is 0.119. The fraction of sp³-hybridized carbons (Fsp3) is 0.444. The van der Waals surface area contributed by atoms with Crippen molar-refractivity contribution < 1.29 is 79.5 Å². The van der Waals surface area contributed by atoms with Crippen LogP contribution in [0.4, 0.5) is 0 Å². The summed E-state index contributed by atoms with van der Waals surface area (Å²) in [5.41, 5.74) is -1.47. The molecule has 0 radical (unpaired) electrons. The number of aliphatic hydroxyl groups is 7. The van der Waals surface area contributed by atoms with E-state index in [1.54, 1.807) is 0 Å². The van der Waals surface area contributed by atoms with Crippen molar-refractivity contribution in [1.82, 2.24) is 0 Å². The summed E-state index contributed by atoms with van der Waals surface area (Å²) in [6, 6.07) is 5.12.